The van der Waals surface area contributed by atoms with Gasteiger partial charge in [0.15, 0.2) is 5.82 Å². The van der Waals surface area contributed by atoms with Crippen molar-refractivity contribution in [3.63, 3.8) is 0 Å². The zero-order valence-corrected chi connectivity index (χ0v) is 20.2. The van der Waals surface area contributed by atoms with Gasteiger partial charge in [-0.1, -0.05) is 47.2 Å². The van der Waals surface area contributed by atoms with Crippen molar-refractivity contribution in [1.29, 1.82) is 0 Å². The molecule has 0 aliphatic rings. The number of hydrogen-bond acceptors (Lipinski definition) is 9. The minimum absolute atomic E-state index is 0.0107. The third-order valence-electron chi connectivity index (χ3n) is 4.80. The van der Waals surface area contributed by atoms with Gasteiger partial charge in [0.05, 0.1) is 34.4 Å². The highest BCUT2D eigenvalue weighted by molar-refractivity contribution is 14.1. The monoisotopic (exact) mass is 563 g/mol. The SMILES string of the molecule is CCC[C@@H](Nc1ncc2scc(C(=O)Nc3cccc(-n4ccnn4)n3)c2n1)[C@@H](N)CI. The maximum Gasteiger partial charge on any atom is 0.259 e. The lowest BCUT2D eigenvalue weighted by atomic mass is 10.1. The minimum Gasteiger partial charge on any atom is -0.350 e. The molecule has 0 saturated heterocycles. The van der Waals surface area contributed by atoms with Crippen LogP contribution in [-0.4, -0.2) is 52.4 Å². The molecule has 166 valence electrons. The van der Waals surface area contributed by atoms with E-state index >= 15 is 0 Å². The van der Waals surface area contributed by atoms with Gasteiger partial charge in [-0.2, -0.15) is 0 Å². The average molecular weight is 563 g/mol. The molecule has 0 radical (unpaired) electrons. The van der Waals surface area contributed by atoms with Crippen molar-refractivity contribution in [2.24, 2.45) is 5.73 Å². The van der Waals surface area contributed by atoms with Gasteiger partial charge >= 0.3 is 0 Å². The van der Waals surface area contributed by atoms with Gasteiger partial charge < -0.3 is 16.4 Å². The van der Waals surface area contributed by atoms with Crippen molar-refractivity contribution in [2.45, 2.75) is 31.8 Å². The summed E-state index contributed by atoms with van der Waals surface area (Å²) in [5.74, 6) is 1.14. The largest absolute Gasteiger partial charge is 0.350 e. The van der Waals surface area contributed by atoms with Crippen LogP contribution in [0.2, 0.25) is 0 Å². The minimum atomic E-state index is -0.293. The number of halogens is 1. The number of anilines is 2. The molecule has 1 amide bonds. The molecule has 4 N–H and O–H groups in total. The summed E-state index contributed by atoms with van der Waals surface area (Å²) in [5, 5.41) is 15.7. The fraction of sp³-hybridized carbons (Fsp3) is 0.300. The molecule has 0 aliphatic heterocycles. The Labute approximate surface area is 202 Å². The molecule has 0 unspecified atom stereocenters. The Kier molecular flexibility index (Phi) is 7.22. The second-order valence-corrected chi connectivity index (χ2v) is 8.89. The van der Waals surface area contributed by atoms with Crippen LogP contribution in [0.5, 0.6) is 0 Å². The summed E-state index contributed by atoms with van der Waals surface area (Å²) >= 11 is 3.70. The van der Waals surface area contributed by atoms with E-state index in [1.807, 2.05) is 0 Å². The van der Waals surface area contributed by atoms with Gasteiger partial charge in [0, 0.05) is 21.9 Å². The predicted molar refractivity (Wildman–Crippen MR) is 134 cm³/mol. The summed E-state index contributed by atoms with van der Waals surface area (Å²) < 4.78 is 3.17. The summed E-state index contributed by atoms with van der Waals surface area (Å²) in [4.78, 5) is 26.5. The van der Waals surface area contributed by atoms with Crippen molar-refractivity contribution in [3.8, 4) is 5.82 Å². The molecular weight excluding hydrogens is 541 g/mol. The molecule has 2 atom stereocenters. The summed E-state index contributed by atoms with van der Waals surface area (Å²) in [5.41, 5.74) is 7.31. The number of nitrogens with two attached hydrogens (primary N) is 1. The number of alkyl halides is 1. The number of pyridine rings is 1. The molecule has 0 bridgehead atoms. The number of aromatic nitrogens is 6. The van der Waals surface area contributed by atoms with Gasteiger partial charge in [-0.15, -0.1) is 16.4 Å². The van der Waals surface area contributed by atoms with E-state index in [2.05, 4.69) is 65.4 Å². The van der Waals surface area contributed by atoms with Crippen molar-refractivity contribution < 1.29 is 4.79 Å². The standard InChI is InChI=1S/C20H22IN9OS/c1-2-4-14(13(22)9-21)25-20-23-10-15-18(28-20)12(11-32-15)19(31)27-16-5-3-6-17(26-16)30-8-7-24-29-30/h3,5-8,10-11,13-14H,2,4,9,22H2,1H3,(H,23,25,28)(H,26,27,31)/t13-,14+/m0/s1. The van der Waals surface area contributed by atoms with Crippen LogP contribution in [0.3, 0.4) is 0 Å². The van der Waals surface area contributed by atoms with Crippen LogP contribution in [0.25, 0.3) is 16.0 Å². The molecule has 0 aliphatic carbocycles. The van der Waals surface area contributed by atoms with Crippen LogP contribution < -0.4 is 16.4 Å². The second-order valence-electron chi connectivity index (χ2n) is 7.10. The lowest BCUT2D eigenvalue weighted by Crippen LogP contribution is -2.41. The van der Waals surface area contributed by atoms with E-state index in [4.69, 9.17) is 5.73 Å². The van der Waals surface area contributed by atoms with E-state index in [1.165, 1.54) is 16.0 Å². The lowest BCUT2D eigenvalue weighted by molar-refractivity contribution is 0.102. The fourth-order valence-electron chi connectivity index (χ4n) is 3.17. The first-order valence-corrected chi connectivity index (χ1v) is 12.5. The summed E-state index contributed by atoms with van der Waals surface area (Å²) in [6, 6.07) is 5.34. The Morgan fingerprint density at radius 2 is 2.22 bits per heavy atom. The number of thiophene rings is 1. The van der Waals surface area contributed by atoms with Crippen molar-refractivity contribution in [3.05, 3.63) is 47.7 Å². The molecule has 32 heavy (non-hydrogen) atoms. The van der Waals surface area contributed by atoms with Gasteiger partial charge in [0.1, 0.15) is 5.82 Å². The predicted octanol–water partition coefficient (Wildman–Crippen LogP) is 3.26. The van der Waals surface area contributed by atoms with Crippen molar-refractivity contribution >= 4 is 61.8 Å². The molecule has 4 aromatic rings. The maximum absolute atomic E-state index is 13.0. The van der Waals surface area contributed by atoms with Crippen LogP contribution in [0.1, 0.15) is 30.1 Å². The first-order chi connectivity index (χ1) is 15.6. The van der Waals surface area contributed by atoms with Crippen molar-refractivity contribution in [1.82, 2.24) is 29.9 Å². The number of carbonyl (C=O) groups excluding carboxylic acids is 1. The first-order valence-electron chi connectivity index (χ1n) is 10.1. The van der Waals surface area contributed by atoms with Crippen LogP contribution in [0.15, 0.2) is 42.2 Å². The van der Waals surface area contributed by atoms with E-state index in [1.54, 1.807) is 42.2 Å². The topological polar surface area (TPSA) is 137 Å². The number of nitrogens with zero attached hydrogens (tertiary/aromatic N) is 6. The zero-order valence-electron chi connectivity index (χ0n) is 17.3. The van der Waals surface area contributed by atoms with E-state index in [9.17, 15) is 4.79 Å². The summed E-state index contributed by atoms with van der Waals surface area (Å²) in [7, 11) is 0. The Hall–Kier alpha value is -2.71. The zero-order chi connectivity index (χ0) is 22.5. The Balaban J connectivity index is 1.56. The molecule has 4 aromatic heterocycles. The molecule has 0 fully saturated rings. The molecule has 4 heterocycles. The molecule has 0 aromatic carbocycles. The number of rotatable bonds is 9. The molecule has 12 heteroatoms. The number of fused-ring (bicyclic) bond motifs is 1. The van der Waals surface area contributed by atoms with E-state index < -0.39 is 0 Å². The number of amides is 1. The normalized spacial score (nSPS) is 13.1. The Morgan fingerprint density at radius 1 is 1.34 bits per heavy atom. The van der Waals surface area contributed by atoms with Gasteiger partial charge in [-0.05, 0) is 18.6 Å². The van der Waals surface area contributed by atoms with E-state index in [0.717, 1.165) is 22.0 Å². The maximum atomic E-state index is 13.0. The fourth-order valence-corrected chi connectivity index (χ4v) is 4.63. The van der Waals surface area contributed by atoms with Crippen molar-refractivity contribution in [2.75, 3.05) is 15.1 Å². The van der Waals surface area contributed by atoms with Crippen LogP contribution in [-0.2, 0) is 0 Å². The highest BCUT2D eigenvalue weighted by Crippen LogP contribution is 2.26. The number of nitrogens with one attached hydrogen (secondary N) is 2. The smallest absolute Gasteiger partial charge is 0.259 e. The average Bonchev–Trinajstić information content (AvgIpc) is 3.48. The lowest BCUT2D eigenvalue weighted by Gasteiger charge is -2.23. The highest BCUT2D eigenvalue weighted by Gasteiger charge is 2.19. The van der Waals surface area contributed by atoms with Gasteiger partial charge in [-0.3, -0.25) is 4.79 Å². The third-order valence-corrected chi connectivity index (χ3v) is 6.72. The number of carbonyl (C=O) groups is 1. The molecular formula is C20H22IN9OS. The van der Waals surface area contributed by atoms with Crippen LogP contribution in [0, 0.1) is 0 Å². The quantitative estimate of drug-likeness (QED) is 0.209. The van der Waals surface area contributed by atoms with Crippen LogP contribution >= 0.6 is 33.9 Å². The van der Waals surface area contributed by atoms with E-state index in [0.29, 0.717) is 28.7 Å². The molecule has 0 saturated carbocycles. The number of hydrogen-bond donors (Lipinski definition) is 3. The molecule has 0 spiro atoms. The Bertz CT molecular complexity index is 1200. The Morgan fingerprint density at radius 3 is 2.97 bits per heavy atom. The summed E-state index contributed by atoms with van der Waals surface area (Å²) in [6.45, 7) is 2.12. The first kappa shape index (κ1) is 22.5. The van der Waals surface area contributed by atoms with Crippen LogP contribution in [0.4, 0.5) is 11.8 Å². The van der Waals surface area contributed by atoms with E-state index in [-0.39, 0.29) is 18.0 Å². The van der Waals surface area contributed by atoms with Gasteiger partial charge in [0.25, 0.3) is 5.91 Å². The van der Waals surface area contributed by atoms with Gasteiger partial charge in [-0.25, -0.2) is 19.6 Å². The summed E-state index contributed by atoms with van der Waals surface area (Å²) in [6.07, 6.45) is 6.89. The highest BCUT2D eigenvalue weighted by atomic mass is 127. The third kappa shape index (κ3) is 5.02. The van der Waals surface area contributed by atoms with Gasteiger partial charge in [0.2, 0.25) is 5.95 Å². The molecule has 10 nitrogen and oxygen atoms in total. The molecule has 4 rings (SSSR count). The second kappa shape index (κ2) is 10.3.